The molecule has 0 atom stereocenters. The molecular weight excluding hydrogens is 500 g/mol. The van der Waals surface area contributed by atoms with E-state index < -0.39 is 30.6 Å². The number of halogens is 4. The summed E-state index contributed by atoms with van der Waals surface area (Å²) in [5, 5.41) is 0. The summed E-state index contributed by atoms with van der Waals surface area (Å²) in [5.74, 6) is -2.55. The molecule has 1 amide bonds. The molecule has 38 heavy (non-hydrogen) atoms. The first-order valence-corrected chi connectivity index (χ1v) is 13.2. The van der Waals surface area contributed by atoms with E-state index in [1.54, 1.807) is 12.3 Å². The van der Waals surface area contributed by atoms with Crippen molar-refractivity contribution in [3.63, 3.8) is 0 Å². The van der Waals surface area contributed by atoms with E-state index in [0.29, 0.717) is 5.92 Å². The highest BCUT2D eigenvalue weighted by atomic mass is 19.3. The van der Waals surface area contributed by atoms with Crippen LogP contribution in [-0.2, 0) is 12.8 Å². The zero-order valence-corrected chi connectivity index (χ0v) is 21.6. The van der Waals surface area contributed by atoms with Crippen LogP contribution in [0.4, 0.5) is 17.6 Å². The van der Waals surface area contributed by atoms with Gasteiger partial charge in [-0.3, -0.25) is 9.78 Å². The number of rotatable bonds is 9. The minimum Gasteiger partial charge on any atom is -0.471 e. The number of fused-ring (bicyclic) bond motifs is 1. The third-order valence-corrected chi connectivity index (χ3v) is 7.30. The summed E-state index contributed by atoms with van der Waals surface area (Å²) in [6, 6.07) is 6.40. The van der Waals surface area contributed by atoms with Gasteiger partial charge in [0.25, 0.3) is 18.3 Å². The maximum absolute atomic E-state index is 13.1. The number of nitrogens with zero attached hydrogens (tertiary/aromatic N) is 4. The zero-order valence-electron chi connectivity index (χ0n) is 21.6. The zero-order chi connectivity index (χ0) is 27.1. The maximum Gasteiger partial charge on any atom is 0.281 e. The van der Waals surface area contributed by atoms with Crippen LogP contribution in [0.1, 0.15) is 72.8 Å². The summed E-state index contributed by atoms with van der Waals surface area (Å²) < 4.78 is 57.6. The minimum atomic E-state index is -2.89. The molecule has 0 aromatic carbocycles. The van der Waals surface area contributed by atoms with Crippen molar-refractivity contribution in [1.29, 1.82) is 0 Å². The van der Waals surface area contributed by atoms with Crippen LogP contribution in [0.5, 0.6) is 5.88 Å². The Morgan fingerprint density at radius 1 is 1.18 bits per heavy atom. The van der Waals surface area contributed by atoms with Gasteiger partial charge >= 0.3 is 0 Å². The number of amides is 1. The van der Waals surface area contributed by atoms with Crippen LogP contribution in [-0.4, -0.2) is 59.2 Å². The van der Waals surface area contributed by atoms with Gasteiger partial charge in [0.2, 0.25) is 5.88 Å². The average molecular weight is 535 g/mol. The van der Waals surface area contributed by atoms with Crippen molar-refractivity contribution in [3.05, 3.63) is 53.0 Å². The molecule has 6 nitrogen and oxygen atoms in total. The van der Waals surface area contributed by atoms with Gasteiger partial charge in [-0.15, -0.1) is 0 Å². The second-order valence-corrected chi connectivity index (χ2v) is 10.3. The number of carbonyl (C=O) groups excluding carboxylic acids is 1. The molecule has 0 saturated heterocycles. The highest BCUT2D eigenvalue weighted by molar-refractivity contribution is 6.00. The van der Waals surface area contributed by atoms with Crippen molar-refractivity contribution in [2.24, 2.45) is 16.8 Å². The molecule has 4 rings (SSSR count). The van der Waals surface area contributed by atoms with Crippen molar-refractivity contribution in [2.75, 3.05) is 26.2 Å². The molecule has 1 saturated carbocycles. The number of aromatic nitrogens is 2. The number of hydrogen-bond acceptors (Lipinski definition) is 5. The van der Waals surface area contributed by atoms with Crippen molar-refractivity contribution in [2.45, 2.75) is 64.2 Å². The molecule has 3 heterocycles. The Morgan fingerprint density at radius 2 is 1.95 bits per heavy atom. The number of carbonyl (C=O) groups is 1. The summed E-state index contributed by atoms with van der Waals surface area (Å²) in [4.78, 5) is 26.8. The highest BCUT2D eigenvalue weighted by Crippen LogP contribution is 2.31. The topological polar surface area (TPSA) is 67.7 Å². The fraction of sp³-hybridized carbons (Fsp3) is 0.571. The number of hydrogen-bond donors (Lipinski definition) is 0. The van der Waals surface area contributed by atoms with Gasteiger partial charge in [0.05, 0.1) is 5.56 Å². The Balaban J connectivity index is 1.20. The van der Waals surface area contributed by atoms with Crippen LogP contribution in [0.25, 0.3) is 0 Å². The number of ether oxygens (including phenoxy) is 1. The Hall–Kier alpha value is -2.88. The number of alkyl halides is 4. The first kappa shape index (κ1) is 28.1. The molecule has 0 spiro atoms. The smallest absolute Gasteiger partial charge is 0.281 e. The third-order valence-electron chi connectivity index (χ3n) is 7.30. The molecular formula is C28H34F4N4O2. The molecule has 10 heteroatoms. The molecule has 1 aliphatic carbocycles. The van der Waals surface area contributed by atoms with E-state index in [2.05, 4.69) is 19.9 Å². The van der Waals surface area contributed by atoms with Gasteiger partial charge in [0.1, 0.15) is 5.69 Å². The van der Waals surface area contributed by atoms with Crippen LogP contribution in [0.2, 0.25) is 0 Å². The molecule has 1 aliphatic heterocycles. The van der Waals surface area contributed by atoms with E-state index in [0.717, 1.165) is 82.8 Å². The van der Waals surface area contributed by atoms with Gasteiger partial charge in [-0.25, -0.2) is 27.5 Å². The van der Waals surface area contributed by atoms with Gasteiger partial charge in [-0.1, -0.05) is 6.07 Å². The lowest BCUT2D eigenvalue weighted by atomic mass is 9.81. The van der Waals surface area contributed by atoms with Crippen molar-refractivity contribution < 1.29 is 27.1 Å². The lowest BCUT2D eigenvalue weighted by molar-refractivity contribution is -0.0243. The molecule has 0 N–H and O–H groups in total. The fourth-order valence-corrected chi connectivity index (χ4v) is 5.12. The SMILES string of the molecule is CC(F)(F)COc1ccc2c(n1)CCN(CCC1CCC(C=NC(=O)c3cccnc3C(F)F)CC1)CC2. The van der Waals surface area contributed by atoms with Crippen molar-refractivity contribution >= 4 is 12.1 Å². The third kappa shape index (κ3) is 8.06. The van der Waals surface area contributed by atoms with Gasteiger partial charge in [-0.05, 0) is 74.6 Å². The van der Waals surface area contributed by atoms with E-state index in [-0.39, 0.29) is 17.4 Å². The molecule has 0 unspecified atom stereocenters. The summed E-state index contributed by atoms with van der Waals surface area (Å²) >= 11 is 0. The van der Waals surface area contributed by atoms with Crippen molar-refractivity contribution in [1.82, 2.24) is 14.9 Å². The summed E-state index contributed by atoms with van der Waals surface area (Å²) in [7, 11) is 0. The Labute approximate surface area is 220 Å². The summed E-state index contributed by atoms with van der Waals surface area (Å²) in [6.45, 7) is 2.93. The van der Waals surface area contributed by atoms with Gasteiger partial charge < -0.3 is 9.64 Å². The van der Waals surface area contributed by atoms with Crippen LogP contribution < -0.4 is 4.74 Å². The Morgan fingerprint density at radius 3 is 2.68 bits per heavy atom. The van der Waals surface area contributed by atoms with E-state index in [1.165, 1.54) is 18.3 Å². The average Bonchev–Trinajstić information content (AvgIpc) is 3.11. The summed E-state index contributed by atoms with van der Waals surface area (Å²) in [6.07, 6.45) is 6.69. The normalized spacial score (nSPS) is 20.9. The predicted molar refractivity (Wildman–Crippen MR) is 136 cm³/mol. The fourth-order valence-electron chi connectivity index (χ4n) is 5.12. The van der Waals surface area contributed by atoms with E-state index >= 15 is 0 Å². The van der Waals surface area contributed by atoms with E-state index in [4.69, 9.17) is 4.74 Å². The highest BCUT2D eigenvalue weighted by Gasteiger charge is 2.25. The van der Waals surface area contributed by atoms with Gasteiger partial charge in [0.15, 0.2) is 6.61 Å². The molecule has 1 fully saturated rings. The van der Waals surface area contributed by atoms with E-state index in [9.17, 15) is 22.4 Å². The predicted octanol–water partition coefficient (Wildman–Crippen LogP) is 5.96. The largest absolute Gasteiger partial charge is 0.471 e. The second kappa shape index (κ2) is 12.8. The monoisotopic (exact) mass is 534 g/mol. The van der Waals surface area contributed by atoms with Crippen LogP contribution in [0.3, 0.4) is 0 Å². The van der Waals surface area contributed by atoms with Crippen LogP contribution in [0, 0.1) is 11.8 Å². The standard InChI is InChI=1S/C28H34F4N4O2/c1-28(31,32)18-38-24-9-8-21-11-15-36(16-12-23(21)35-24)14-10-19-4-6-20(7-5-19)17-34-27(37)22-3-2-13-33-25(22)26(29)30/h2-3,8-9,13,17,19-20,26H,4-7,10-12,14-16,18H2,1H3. The lowest BCUT2D eigenvalue weighted by Gasteiger charge is -2.28. The van der Waals surface area contributed by atoms with Crippen LogP contribution in [0.15, 0.2) is 35.5 Å². The Bertz CT molecular complexity index is 1110. The lowest BCUT2D eigenvalue weighted by Crippen LogP contribution is -2.29. The Kier molecular flexibility index (Phi) is 9.46. The molecule has 0 bridgehead atoms. The molecule has 2 aliphatic rings. The first-order valence-electron chi connectivity index (χ1n) is 13.2. The quantitative estimate of drug-likeness (QED) is 0.294. The van der Waals surface area contributed by atoms with E-state index in [1.807, 2.05) is 6.07 Å². The maximum atomic E-state index is 13.1. The molecule has 0 radical (unpaired) electrons. The van der Waals surface area contributed by atoms with Crippen molar-refractivity contribution in [3.8, 4) is 5.88 Å². The molecule has 2 aromatic rings. The van der Waals surface area contributed by atoms with Gasteiger partial charge in [0, 0.05) is 50.6 Å². The second-order valence-electron chi connectivity index (χ2n) is 10.3. The summed E-state index contributed by atoms with van der Waals surface area (Å²) in [5.41, 5.74) is 1.39. The minimum absolute atomic E-state index is 0.145. The number of pyridine rings is 2. The molecule has 206 valence electrons. The van der Waals surface area contributed by atoms with Gasteiger partial charge in [-0.2, -0.15) is 0 Å². The first-order chi connectivity index (χ1) is 18.2. The number of aliphatic imine (C=N–C) groups is 1. The molecule has 2 aromatic heterocycles. The van der Waals surface area contributed by atoms with Crippen LogP contribution >= 0.6 is 0 Å².